The Labute approximate surface area is 215 Å². The zero-order valence-electron chi connectivity index (χ0n) is 20.3. The molecule has 4 rings (SSSR count). The van der Waals surface area contributed by atoms with Crippen LogP contribution in [0.1, 0.15) is 37.4 Å². The largest absolute Gasteiger partial charge is 0.507 e. The van der Waals surface area contributed by atoms with Gasteiger partial charge < -0.3 is 10.0 Å². The van der Waals surface area contributed by atoms with Crippen LogP contribution >= 0.6 is 0 Å². The number of sulfone groups is 1. The van der Waals surface area contributed by atoms with Crippen LogP contribution in [0.5, 0.6) is 0 Å². The van der Waals surface area contributed by atoms with Crippen LogP contribution in [-0.4, -0.2) is 73.5 Å². The lowest BCUT2D eigenvalue weighted by Gasteiger charge is -2.30. The molecule has 1 N–H and O–H groups in total. The number of benzene rings is 2. The van der Waals surface area contributed by atoms with E-state index in [1.54, 1.807) is 13.8 Å². The van der Waals surface area contributed by atoms with E-state index in [-0.39, 0.29) is 47.0 Å². The highest BCUT2D eigenvalue weighted by molar-refractivity contribution is 7.91. The van der Waals surface area contributed by atoms with Gasteiger partial charge in [-0.05, 0) is 36.8 Å². The molecule has 2 aromatic carbocycles. The van der Waals surface area contributed by atoms with Gasteiger partial charge in [0.2, 0.25) is 10.0 Å². The number of sulfonamides is 1. The Balaban J connectivity index is 1.83. The highest BCUT2D eigenvalue weighted by Crippen LogP contribution is 2.43. The minimum atomic E-state index is -3.77. The van der Waals surface area contributed by atoms with Crippen LogP contribution in [0.25, 0.3) is 5.76 Å². The Hall–Kier alpha value is -3.09. The Bertz CT molecular complexity index is 1480. The van der Waals surface area contributed by atoms with Gasteiger partial charge in [-0.3, -0.25) is 9.59 Å². The number of aliphatic hydroxyl groups excluding tert-OH is 1. The van der Waals surface area contributed by atoms with E-state index in [4.69, 9.17) is 0 Å². The van der Waals surface area contributed by atoms with Crippen molar-refractivity contribution in [2.75, 3.05) is 24.6 Å². The molecule has 0 spiro atoms. The lowest BCUT2D eigenvalue weighted by Crippen LogP contribution is -2.40. The fraction of sp³-hybridized carbons (Fsp3) is 0.360. The SMILES string of the molecule is CCN(CC)S(=O)(=O)c1ccc(/C(O)=C2\C(=O)C(=O)N(C3CCS(=O)(=O)C3)C2c2ccccc2F)cc1. The summed E-state index contributed by atoms with van der Waals surface area (Å²) in [5.74, 6) is -3.99. The number of Topliss-reactive ketones (excluding diaryl/α,β-unsaturated/α-hetero) is 1. The first-order valence-corrected chi connectivity index (χ1v) is 15.0. The number of halogens is 1. The second-order valence-corrected chi connectivity index (χ2v) is 13.1. The topological polar surface area (TPSA) is 129 Å². The number of carbonyl (C=O) groups is 2. The van der Waals surface area contributed by atoms with Crippen LogP contribution in [0, 0.1) is 5.82 Å². The van der Waals surface area contributed by atoms with E-state index in [9.17, 15) is 35.9 Å². The van der Waals surface area contributed by atoms with Gasteiger partial charge in [0, 0.05) is 30.3 Å². The normalized spacial score (nSPS) is 23.2. The average molecular weight is 551 g/mol. The molecule has 2 atom stereocenters. The van der Waals surface area contributed by atoms with Crippen molar-refractivity contribution in [1.29, 1.82) is 0 Å². The standard InChI is InChI=1S/C25H27FN2O7S2/c1-3-27(4-2)37(34,35)18-11-9-16(10-12-18)23(29)21-22(19-7-5-6-8-20(19)26)28(25(31)24(21)30)17-13-14-36(32,33)15-17/h5-12,17,22,29H,3-4,13-15H2,1-2H3/b23-21+. The number of hydrogen-bond donors (Lipinski definition) is 1. The number of likely N-dealkylation sites (tertiary alicyclic amines) is 1. The van der Waals surface area contributed by atoms with Gasteiger partial charge in [-0.2, -0.15) is 4.31 Å². The highest BCUT2D eigenvalue weighted by atomic mass is 32.2. The molecular weight excluding hydrogens is 523 g/mol. The molecule has 0 aromatic heterocycles. The van der Waals surface area contributed by atoms with Gasteiger partial charge in [0.1, 0.15) is 11.6 Å². The summed E-state index contributed by atoms with van der Waals surface area (Å²) in [6.45, 7) is 3.95. The molecule has 198 valence electrons. The highest BCUT2D eigenvalue weighted by Gasteiger charge is 2.51. The van der Waals surface area contributed by atoms with E-state index in [0.717, 1.165) is 11.0 Å². The Morgan fingerprint density at radius 1 is 1.08 bits per heavy atom. The van der Waals surface area contributed by atoms with Gasteiger partial charge in [-0.25, -0.2) is 21.2 Å². The first-order valence-electron chi connectivity index (χ1n) is 11.8. The Morgan fingerprint density at radius 2 is 1.70 bits per heavy atom. The molecule has 2 heterocycles. The van der Waals surface area contributed by atoms with Crippen molar-refractivity contribution in [2.45, 2.75) is 37.2 Å². The zero-order chi connectivity index (χ0) is 27.1. The maximum atomic E-state index is 14.9. The van der Waals surface area contributed by atoms with E-state index in [0.29, 0.717) is 0 Å². The predicted molar refractivity (Wildman–Crippen MR) is 134 cm³/mol. The number of ketones is 1. The van der Waals surface area contributed by atoms with Gasteiger partial charge in [0.25, 0.3) is 11.7 Å². The molecule has 9 nitrogen and oxygen atoms in total. The molecule has 2 unspecified atom stereocenters. The number of amides is 1. The molecule has 0 saturated carbocycles. The van der Waals surface area contributed by atoms with Crippen molar-refractivity contribution in [3.05, 3.63) is 71.0 Å². The number of rotatable bonds is 7. The monoisotopic (exact) mass is 550 g/mol. The van der Waals surface area contributed by atoms with Crippen molar-refractivity contribution in [2.24, 2.45) is 0 Å². The molecule has 12 heteroatoms. The lowest BCUT2D eigenvalue weighted by molar-refractivity contribution is -0.141. The number of carbonyl (C=O) groups excluding carboxylic acids is 2. The van der Waals surface area contributed by atoms with Crippen molar-refractivity contribution in [3.63, 3.8) is 0 Å². The first kappa shape index (κ1) is 27.0. The predicted octanol–water partition coefficient (Wildman–Crippen LogP) is 2.47. The molecule has 2 fully saturated rings. The van der Waals surface area contributed by atoms with E-state index in [2.05, 4.69) is 0 Å². The second-order valence-electron chi connectivity index (χ2n) is 8.90. The minimum Gasteiger partial charge on any atom is -0.507 e. The molecule has 0 radical (unpaired) electrons. The second kappa shape index (κ2) is 9.99. The van der Waals surface area contributed by atoms with Crippen LogP contribution in [0.15, 0.2) is 59.0 Å². The average Bonchev–Trinajstić information content (AvgIpc) is 3.35. The van der Waals surface area contributed by atoms with Crippen LogP contribution < -0.4 is 0 Å². The fourth-order valence-electron chi connectivity index (χ4n) is 4.88. The van der Waals surface area contributed by atoms with Crippen molar-refractivity contribution >= 4 is 37.3 Å². The van der Waals surface area contributed by atoms with Crippen molar-refractivity contribution in [1.82, 2.24) is 9.21 Å². The van der Waals surface area contributed by atoms with Gasteiger partial charge in [-0.15, -0.1) is 0 Å². The van der Waals surface area contributed by atoms with E-state index in [1.165, 1.54) is 46.8 Å². The molecule has 0 aliphatic carbocycles. The van der Waals surface area contributed by atoms with Crippen LogP contribution in [0.4, 0.5) is 4.39 Å². The maximum Gasteiger partial charge on any atom is 0.295 e. The van der Waals surface area contributed by atoms with Gasteiger partial charge >= 0.3 is 0 Å². The number of aliphatic hydroxyl groups is 1. The molecule has 2 saturated heterocycles. The summed E-state index contributed by atoms with van der Waals surface area (Å²) in [6, 6.07) is 8.41. The summed E-state index contributed by atoms with van der Waals surface area (Å²) in [6.07, 6.45) is 0.0816. The summed E-state index contributed by atoms with van der Waals surface area (Å²) in [7, 11) is -7.22. The van der Waals surface area contributed by atoms with E-state index in [1.807, 2.05) is 0 Å². The third kappa shape index (κ3) is 4.80. The molecule has 2 aliphatic rings. The van der Waals surface area contributed by atoms with Crippen molar-refractivity contribution in [3.8, 4) is 0 Å². The van der Waals surface area contributed by atoms with Gasteiger partial charge in [0.15, 0.2) is 9.84 Å². The number of hydrogen-bond acceptors (Lipinski definition) is 7. The minimum absolute atomic E-state index is 0.0185. The van der Waals surface area contributed by atoms with Crippen LogP contribution in [0.2, 0.25) is 0 Å². The van der Waals surface area contributed by atoms with Crippen LogP contribution in [0.3, 0.4) is 0 Å². The fourth-order valence-corrected chi connectivity index (χ4v) is 8.05. The van der Waals surface area contributed by atoms with Crippen LogP contribution in [-0.2, 0) is 29.4 Å². The maximum absolute atomic E-state index is 14.9. The molecule has 2 aliphatic heterocycles. The molecule has 37 heavy (non-hydrogen) atoms. The summed E-state index contributed by atoms with van der Waals surface area (Å²) >= 11 is 0. The summed E-state index contributed by atoms with van der Waals surface area (Å²) in [5, 5.41) is 11.2. The Morgan fingerprint density at radius 3 is 2.24 bits per heavy atom. The molecule has 0 bridgehead atoms. The lowest BCUT2D eigenvalue weighted by atomic mass is 9.94. The molecular formula is C25H27FN2O7S2. The zero-order valence-corrected chi connectivity index (χ0v) is 21.9. The Kier molecular flexibility index (Phi) is 7.28. The smallest absolute Gasteiger partial charge is 0.295 e. The first-order chi connectivity index (χ1) is 17.4. The third-order valence-corrected chi connectivity index (χ3v) is 10.6. The summed E-state index contributed by atoms with van der Waals surface area (Å²) in [4.78, 5) is 27.3. The van der Waals surface area contributed by atoms with E-state index < -0.39 is 60.8 Å². The van der Waals surface area contributed by atoms with Gasteiger partial charge in [-0.1, -0.05) is 32.0 Å². The van der Waals surface area contributed by atoms with E-state index >= 15 is 0 Å². The number of nitrogens with zero attached hydrogens (tertiary/aromatic N) is 2. The third-order valence-electron chi connectivity index (χ3n) is 6.75. The molecule has 2 aromatic rings. The summed E-state index contributed by atoms with van der Waals surface area (Å²) in [5.41, 5.74) is -0.399. The molecule has 1 amide bonds. The summed E-state index contributed by atoms with van der Waals surface area (Å²) < 4.78 is 66.0. The van der Waals surface area contributed by atoms with Gasteiger partial charge in [0.05, 0.1) is 28.0 Å². The quantitative estimate of drug-likeness (QED) is 0.319. The van der Waals surface area contributed by atoms with Crippen molar-refractivity contribution < 1.29 is 35.9 Å².